The predicted octanol–water partition coefficient (Wildman–Crippen LogP) is 6.06. The summed E-state index contributed by atoms with van der Waals surface area (Å²) in [6.45, 7) is 4.68. The van der Waals surface area contributed by atoms with Gasteiger partial charge in [0.15, 0.2) is 0 Å². The molecular formula is C31H43N5O. The molecule has 198 valence electrons. The molecule has 0 spiro atoms. The Kier molecular flexibility index (Phi) is 7.22. The van der Waals surface area contributed by atoms with Crippen LogP contribution in [0.5, 0.6) is 0 Å². The second-order valence-corrected chi connectivity index (χ2v) is 12.2. The lowest BCUT2D eigenvalue weighted by atomic mass is 9.90. The lowest BCUT2D eigenvalue weighted by Gasteiger charge is -2.29. The molecule has 0 bridgehead atoms. The van der Waals surface area contributed by atoms with E-state index in [4.69, 9.17) is 9.97 Å². The zero-order chi connectivity index (χ0) is 25.4. The summed E-state index contributed by atoms with van der Waals surface area (Å²) in [7, 11) is 2.23. The average Bonchev–Trinajstić information content (AvgIpc) is 3.64. The van der Waals surface area contributed by atoms with Gasteiger partial charge in [-0.3, -0.25) is 0 Å². The van der Waals surface area contributed by atoms with Gasteiger partial charge in [0, 0.05) is 35.4 Å². The van der Waals surface area contributed by atoms with E-state index < -0.39 is 0 Å². The van der Waals surface area contributed by atoms with Crippen LogP contribution in [-0.4, -0.2) is 56.8 Å². The highest BCUT2D eigenvalue weighted by atomic mass is 16.3. The third kappa shape index (κ3) is 5.85. The molecule has 1 unspecified atom stereocenters. The van der Waals surface area contributed by atoms with Crippen molar-refractivity contribution < 1.29 is 5.11 Å². The van der Waals surface area contributed by atoms with E-state index in [2.05, 4.69) is 59.2 Å². The van der Waals surface area contributed by atoms with Gasteiger partial charge in [-0.1, -0.05) is 37.1 Å². The van der Waals surface area contributed by atoms with Gasteiger partial charge in [-0.25, -0.2) is 4.98 Å². The Balaban J connectivity index is 1.27. The molecule has 2 aliphatic carbocycles. The highest BCUT2D eigenvalue weighted by molar-refractivity contribution is 5.94. The van der Waals surface area contributed by atoms with Crippen LogP contribution < -0.4 is 5.32 Å². The van der Waals surface area contributed by atoms with E-state index in [0.29, 0.717) is 12.1 Å². The van der Waals surface area contributed by atoms with Gasteiger partial charge in [-0.05, 0) is 101 Å². The summed E-state index contributed by atoms with van der Waals surface area (Å²) in [6.07, 6.45) is 15.6. The highest BCUT2D eigenvalue weighted by Crippen LogP contribution is 2.37. The minimum atomic E-state index is -0.162. The molecule has 1 atom stereocenters. The van der Waals surface area contributed by atoms with Crippen LogP contribution in [0.1, 0.15) is 76.3 Å². The summed E-state index contributed by atoms with van der Waals surface area (Å²) >= 11 is 0. The molecule has 2 N–H and O–H groups in total. The van der Waals surface area contributed by atoms with Crippen LogP contribution in [0.4, 0.5) is 5.95 Å². The first-order valence-electron chi connectivity index (χ1n) is 14.6. The molecule has 6 rings (SSSR count). The normalized spacial score (nSPS) is 24.4. The average molecular weight is 502 g/mol. The van der Waals surface area contributed by atoms with Crippen molar-refractivity contribution >= 4 is 17.0 Å². The lowest BCUT2D eigenvalue weighted by molar-refractivity contribution is 0.111. The Labute approximate surface area is 221 Å². The van der Waals surface area contributed by atoms with Crippen LogP contribution in [-0.2, 0) is 6.42 Å². The summed E-state index contributed by atoms with van der Waals surface area (Å²) in [5, 5.41) is 14.8. The Morgan fingerprint density at radius 2 is 1.70 bits per heavy atom. The van der Waals surface area contributed by atoms with Crippen LogP contribution in [0, 0.1) is 11.8 Å². The summed E-state index contributed by atoms with van der Waals surface area (Å²) < 4.78 is 2.38. The number of benzene rings is 1. The van der Waals surface area contributed by atoms with Gasteiger partial charge in [0.1, 0.15) is 5.65 Å². The number of nitrogens with zero attached hydrogens (tertiary/aromatic N) is 4. The molecule has 1 aromatic carbocycles. The maximum atomic E-state index is 10.1. The zero-order valence-corrected chi connectivity index (χ0v) is 22.6. The molecule has 1 saturated heterocycles. The molecule has 0 radical (unpaired) electrons. The number of aromatic nitrogens is 3. The first-order chi connectivity index (χ1) is 18.0. The largest absolute Gasteiger partial charge is 0.393 e. The molecule has 3 aliphatic rings. The Morgan fingerprint density at radius 1 is 0.973 bits per heavy atom. The Morgan fingerprint density at radius 3 is 2.41 bits per heavy atom. The van der Waals surface area contributed by atoms with Crippen LogP contribution in [0.3, 0.4) is 0 Å². The Hall–Kier alpha value is -2.44. The lowest BCUT2D eigenvalue weighted by Crippen LogP contribution is -2.30. The van der Waals surface area contributed by atoms with Crippen molar-refractivity contribution in [2.75, 3.05) is 25.5 Å². The van der Waals surface area contributed by atoms with Crippen LogP contribution in [0.2, 0.25) is 0 Å². The maximum Gasteiger partial charge on any atom is 0.224 e. The van der Waals surface area contributed by atoms with E-state index in [1.165, 1.54) is 68.3 Å². The van der Waals surface area contributed by atoms with Crippen LogP contribution in [0.15, 0.2) is 36.7 Å². The fourth-order valence-corrected chi connectivity index (χ4v) is 6.50. The highest BCUT2D eigenvalue weighted by Gasteiger charge is 2.26. The number of likely N-dealkylation sites (tertiary alicyclic amines) is 1. The minimum absolute atomic E-state index is 0.162. The minimum Gasteiger partial charge on any atom is -0.393 e. The molecule has 2 saturated carbocycles. The summed E-state index contributed by atoms with van der Waals surface area (Å²) in [4.78, 5) is 12.3. The molecule has 37 heavy (non-hydrogen) atoms. The van der Waals surface area contributed by atoms with Crippen LogP contribution in [0.25, 0.3) is 22.2 Å². The van der Waals surface area contributed by atoms with Crippen molar-refractivity contribution in [1.29, 1.82) is 0 Å². The van der Waals surface area contributed by atoms with Crippen molar-refractivity contribution in [3.8, 4) is 11.1 Å². The fourth-order valence-electron chi connectivity index (χ4n) is 6.50. The van der Waals surface area contributed by atoms with Gasteiger partial charge in [-0.15, -0.1) is 0 Å². The van der Waals surface area contributed by atoms with Gasteiger partial charge in [0.2, 0.25) is 5.95 Å². The van der Waals surface area contributed by atoms with Gasteiger partial charge < -0.3 is 19.9 Å². The number of aliphatic hydroxyl groups is 1. The number of fused-ring (bicyclic) bond motifs is 1. The molecule has 3 aromatic rings. The number of piperidine rings is 1. The number of hydrogen-bond donors (Lipinski definition) is 2. The summed E-state index contributed by atoms with van der Waals surface area (Å²) in [5.41, 5.74) is 4.90. The maximum absolute atomic E-state index is 10.1. The molecule has 2 aromatic heterocycles. The van der Waals surface area contributed by atoms with E-state index in [-0.39, 0.29) is 6.10 Å². The second kappa shape index (κ2) is 10.7. The first-order valence-corrected chi connectivity index (χ1v) is 14.6. The summed E-state index contributed by atoms with van der Waals surface area (Å²) in [6, 6.07) is 9.98. The molecule has 1 aliphatic heterocycles. The van der Waals surface area contributed by atoms with Crippen molar-refractivity contribution in [1.82, 2.24) is 19.4 Å². The summed E-state index contributed by atoms with van der Waals surface area (Å²) in [5.74, 6) is 2.40. The van der Waals surface area contributed by atoms with Gasteiger partial charge in [-0.2, -0.15) is 4.98 Å². The monoisotopic (exact) mass is 501 g/mol. The standard InChI is InChI=1S/C31H43N5O/c1-21(17-22-3-4-22)33-31-32-19-28-29(20-36(30(28)34-31)26-9-11-27(37)12-10-26)25-7-5-23(6-8-25)18-24-13-15-35(2)16-14-24/h5-8,19-22,24,26-27,37H,3-4,9-18H2,1-2H3,(H,32,33,34)/t21?,26-,27-. The molecule has 3 fully saturated rings. The van der Waals surface area contributed by atoms with E-state index in [1.807, 2.05) is 6.20 Å². The SMILES string of the molecule is CC(CC1CC1)Nc1ncc2c(-c3ccc(CC4CCN(C)CC4)cc3)cn([C@H]3CC[C@H](O)CC3)c2n1. The van der Waals surface area contributed by atoms with E-state index in [9.17, 15) is 5.11 Å². The number of nitrogens with one attached hydrogen (secondary N) is 1. The van der Waals surface area contributed by atoms with E-state index >= 15 is 0 Å². The number of rotatable bonds is 8. The Bertz CT molecular complexity index is 1180. The van der Waals surface area contributed by atoms with Gasteiger partial charge in [0.05, 0.1) is 6.10 Å². The molecular weight excluding hydrogens is 458 g/mol. The van der Waals surface area contributed by atoms with E-state index in [1.54, 1.807) is 0 Å². The molecule has 6 heteroatoms. The number of aliphatic hydroxyl groups excluding tert-OH is 1. The molecule has 3 heterocycles. The molecule has 6 nitrogen and oxygen atoms in total. The van der Waals surface area contributed by atoms with Crippen molar-refractivity contribution in [3.05, 3.63) is 42.2 Å². The predicted molar refractivity (Wildman–Crippen MR) is 151 cm³/mol. The fraction of sp³-hybridized carbons (Fsp3) is 0.613. The third-order valence-corrected chi connectivity index (χ3v) is 9.02. The van der Waals surface area contributed by atoms with Crippen molar-refractivity contribution in [2.45, 2.75) is 89.3 Å². The van der Waals surface area contributed by atoms with Crippen molar-refractivity contribution in [3.63, 3.8) is 0 Å². The number of hydrogen-bond acceptors (Lipinski definition) is 5. The zero-order valence-electron chi connectivity index (χ0n) is 22.6. The molecule has 0 amide bonds. The third-order valence-electron chi connectivity index (χ3n) is 9.02. The van der Waals surface area contributed by atoms with Crippen LogP contribution >= 0.6 is 0 Å². The van der Waals surface area contributed by atoms with E-state index in [0.717, 1.165) is 54.5 Å². The second-order valence-electron chi connectivity index (χ2n) is 12.2. The topological polar surface area (TPSA) is 66.2 Å². The number of anilines is 1. The van der Waals surface area contributed by atoms with Gasteiger partial charge >= 0.3 is 0 Å². The smallest absolute Gasteiger partial charge is 0.224 e. The quantitative estimate of drug-likeness (QED) is 0.393. The van der Waals surface area contributed by atoms with Crippen molar-refractivity contribution in [2.24, 2.45) is 11.8 Å². The first kappa shape index (κ1) is 24.9. The van der Waals surface area contributed by atoms with Gasteiger partial charge in [0.25, 0.3) is 0 Å².